The average Bonchev–Trinajstić information content (AvgIpc) is 3.99. The first kappa shape index (κ1) is 39.2. The van der Waals surface area contributed by atoms with Gasteiger partial charge in [-0.1, -0.05) is 172 Å². The Morgan fingerprint density at radius 1 is 0.348 bits per heavy atom. The summed E-state index contributed by atoms with van der Waals surface area (Å²) in [5, 5.41) is 8.54. The number of benzene rings is 10. The normalized spacial score (nSPS) is 12.5. The van der Waals surface area contributed by atoms with Gasteiger partial charge in [-0.15, -0.1) is 0 Å². The number of nitrogens with one attached hydrogen (secondary N) is 1. The molecule has 1 N–H and O–H groups in total. The Labute approximate surface area is 384 Å². The maximum atomic E-state index is 6.01. The van der Waals surface area contributed by atoms with E-state index in [1.54, 1.807) is 0 Å². The molecule has 3 heteroatoms. The molecule has 13 rings (SSSR count). The van der Waals surface area contributed by atoms with Crippen LogP contribution in [0.4, 0.5) is 11.4 Å². The van der Waals surface area contributed by atoms with E-state index in [2.05, 4.69) is 248 Å². The van der Waals surface area contributed by atoms with Crippen LogP contribution in [-0.4, -0.2) is 4.57 Å². The van der Waals surface area contributed by atoms with E-state index in [1.165, 1.54) is 83.1 Å². The molecule has 0 aliphatic heterocycles. The topological polar surface area (TPSA) is 30.1 Å². The number of hydrogen-bond donors (Lipinski definition) is 1. The monoisotopic (exact) mass is 846 g/mol. The Bertz CT molecular complexity index is 3730. The second-order valence-corrected chi connectivity index (χ2v) is 17.8. The molecule has 12 aromatic rings. The molecule has 0 spiro atoms. The largest absolute Gasteiger partial charge is 0.456 e. The quantitative estimate of drug-likeness (QED) is 0.181. The van der Waals surface area contributed by atoms with Crippen molar-refractivity contribution in [3.05, 3.63) is 248 Å². The highest BCUT2D eigenvalue weighted by Crippen LogP contribution is 2.50. The highest BCUT2D eigenvalue weighted by atomic mass is 16.3. The molecule has 0 saturated heterocycles. The summed E-state index contributed by atoms with van der Waals surface area (Å²) in [5.74, 6) is 0. The minimum atomic E-state index is -0.0765. The molecule has 0 saturated carbocycles. The number of anilines is 2. The predicted octanol–water partition coefficient (Wildman–Crippen LogP) is 17.4. The molecule has 1 aliphatic rings. The number of hydrogen-bond acceptors (Lipinski definition) is 2. The molecule has 10 aromatic carbocycles. The highest BCUT2D eigenvalue weighted by molar-refractivity contribution is 6.10. The third kappa shape index (κ3) is 6.85. The van der Waals surface area contributed by atoms with Gasteiger partial charge in [0, 0.05) is 44.0 Å². The van der Waals surface area contributed by atoms with Crippen LogP contribution in [0.1, 0.15) is 25.0 Å². The molecular weight excluding hydrogens is 801 g/mol. The first-order valence-corrected chi connectivity index (χ1v) is 22.7. The third-order valence-electron chi connectivity index (χ3n) is 13.5. The van der Waals surface area contributed by atoms with Crippen molar-refractivity contribution in [2.75, 3.05) is 5.32 Å². The van der Waals surface area contributed by atoms with Gasteiger partial charge in [-0.25, -0.2) is 0 Å². The van der Waals surface area contributed by atoms with Crippen LogP contribution < -0.4 is 5.32 Å². The minimum Gasteiger partial charge on any atom is -0.456 e. The van der Waals surface area contributed by atoms with Gasteiger partial charge in [-0.05, 0) is 134 Å². The Morgan fingerprint density at radius 2 is 0.833 bits per heavy atom. The number of rotatable bonds is 6. The van der Waals surface area contributed by atoms with Gasteiger partial charge in [0.15, 0.2) is 0 Å². The fraction of sp³-hybridized carbons (Fsp3) is 0.0476. The summed E-state index contributed by atoms with van der Waals surface area (Å²) in [5.41, 5.74) is 20.4. The van der Waals surface area contributed by atoms with Gasteiger partial charge in [0.1, 0.15) is 11.2 Å². The number of furan rings is 1. The van der Waals surface area contributed by atoms with Gasteiger partial charge >= 0.3 is 0 Å². The summed E-state index contributed by atoms with van der Waals surface area (Å²) in [7, 11) is 0. The van der Waals surface area contributed by atoms with E-state index in [0.29, 0.717) is 0 Å². The van der Waals surface area contributed by atoms with Crippen LogP contribution in [0, 0.1) is 0 Å². The fourth-order valence-electron chi connectivity index (χ4n) is 10.1. The lowest BCUT2D eigenvalue weighted by Gasteiger charge is -2.23. The van der Waals surface area contributed by atoms with Crippen LogP contribution in [-0.2, 0) is 5.41 Å². The summed E-state index contributed by atoms with van der Waals surface area (Å²) < 4.78 is 8.36. The maximum Gasteiger partial charge on any atom is 0.135 e. The first-order valence-electron chi connectivity index (χ1n) is 22.7. The van der Waals surface area contributed by atoms with Crippen LogP contribution >= 0.6 is 0 Å². The van der Waals surface area contributed by atoms with Crippen molar-refractivity contribution in [3.8, 4) is 50.2 Å². The highest BCUT2D eigenvalue weighted by Gasteiger charge is 2.36. The van der Waals surface area contributed by atoms with Crippen LogP contribution in [0.2, 0.25) is 0 Å². The smallest absolute Gasteiger partial charge is 0.135 e. The molecule has 2 aromatic heterocycles. The molecular formula is C63H46N2O. The van der Waals surface area contributed by atoms with Gasteiger partial charge in [0.05, 0.1) is 11.0 Å². The van der Waals surface area contributed by atoms with Crippen molar-refractivity contribution in [2.45, 2.75) is 19.3 Å². The molecule has 66 heavy (non-hydrogen) atoms. The van der Waals surface area contributed by atoms with E-state index in [4.69, 9.17) is 4.42 Å². The standard InChI is InChI=1S/C39H29NO.C24H17N/c1-39(2)35-23-28(25-8-4-3-5-9-25)14-19-31(35)32-20-18-30(24-36(32)39)40-29-16-12-26(13-17-29)27-15-21-38-34(22-27)33-10-6-7-11-37(33)41-38;1-3-9-18(10-4-1)19-15-16-24-22(17-19)21-13-7-8-14-23(21)25(24)20-11-5-2-6-12-20/h3-24,40H,1-2H3;1-17H. The van der Waals surface area contributed by atoms with Gasteiger partial charge in [0.25, 0.3) is 0 Å². The fourth-order valence-corrected chi connectivity index (χ4v) is 10.1. The minimum absolute atomic E-state index is 0.0765. The van der Waals surface area contributed by atoms with Gasteiger partial charge < -0.3 is 14.3 Å². The van der Waals surface area contributed by atoms with Crippen molar-refractivity contribution < 1.29 is 4.42 Å². The first-order chi connectivity index (χ1) is 32.5. The molecule has 2 heterocycles. The Morgan fingerprint density at radius 3 is 1.56 bits per heavy atom. The number of fused-ring (bicyclic) bond motifs is 9. The Kier molecular flexibility index (Phi) is 9.50. The summed E-state index contributed by atoms with van der Waals surface area (Å²) >= 11 is 0. The van der Waals surface area contributed by atoms with Crippen LogP contribution in [0.15, 0.2) is 241 Å². The van der Waals surface area contributed by atoms with E-state index < -0.39 is 0 Å². The predicted molar refractivity (Wildman–Crippen MR) is 278 cm³/mol. The molecule has 0 radical (unpaired) electrons. The SMILES string of the molecule is CC1(C)c2cc(Nc3ccc(-c4ccc5oc6ccccc6c5c4)cc3)ccc2-c2ccc(-c3ccccc3)cc21.c1ccc(-c2ccc3c(c2)c2ccccc2n3-c2ccccc2)cc1. The number of aromatic nitrogens is 1. The lowest BCUT2D eigenvalue weighted by molar-refractivity contribution is 0.661. The van der Waals surface area contributed by atoms with E-state index in [0.717, 1.165) is 33.3 Å². The number of para-hydroxylation sites is 3. The zero-order valence-corrected chi connectivity index (χ0v) is 36.9. The van der Waals surface area contributed by atoms with Gasteiger partial charge in [-0.2, -0.15) is 0 Å². The molecule has 0 atom stereocenters. The van der Waals surface area contributed by atoms with E-state index in [9.17, 15) is 0 Å². The van der Waals surface area contributed by atoms with E-state index >= 15 is 0 Å². The van der Waals surface area contributed by atoms with Crippen molar-refractivity contribution >= 4 is 55.1 Å². The van der Waals surface area contributed by atoms with Crippen molar-refractivity contribution in [1.29, 1.82) is 0 Å². The second-order valence-electron chi connectivity index (χ2n) is 17.8. The number of nitrogens with zero attached hydrogens (tertiary/aromatic N) is 1. The molecule has 3 nitrogen and oxygen atoms in total. The zero-order valence-electron chi connectivity index (χ0n) is 36.9. The molecule has 0 bridgehead atoms. The van der Waals surface area contributed by atoms with Crippen molar-refractivity contribution in [1.82, 2.24) is 4.57 Å². The molecule has 0 amide bonds. The summed E-state index contributed by atoms with van der Waals surface area (Å²) in [4.78, 5) is 0. The van der Waals surface area contributed by atoms with E-state index in [1.807, 2.05) is 12.1 Å². The van der Waals surface area contributed by atoms with Crippen molar-refractivity contribution in [2.24, 2.45) is 0 Å². The van der Waals surface area contributed by atoms with E-state index in [-0.39, 0.29) is 5.41 Å². The summed E-state index contributed by atoms with van der Waals surface area (Å²) in [6.45, 7) is 4.68. The lowest BCUT2D eigenvalue weighted by atomic mass is 9.81. The third-order valence-corrected chi connectivity index (χ3v) is 13.5. The second kappa shape index (κ2) is 16.0. The van der Waals surface area contributed by atoms with Gasteiger partial charge in [0.2, 0.25) is 0 Å². The maximum absolute atomic E-state index is 6.01. The molecule has 0 unspecified atom stereocenters. The molecule has 0 fully saturated rings. The van der Waals surface area contributed by atoms with Crippen LogP contribution in [0.3, 0.4) is 0 Å². The Hall–Kier alpha value is -8.40. The van der Waals surface area contributed by atoms with Gasteiger partial charge in [-0.3, -0.25) is 0 Å². The Balaban J connectivity index is 0.000000156. The lowest BCUT2D eigenvalue weighted by Crippen LogP contribution is -2.15. The zero-order chi connectivity index (χ0) is 44.2. The molecule has 314 valence electrons. The summed E-state index contributed by atoms with van der Waals surface area (Å²) in [6, 6.07) is 84.2. The van der Waals surface area contributed by atoms with Crippen molar-refractivity contribution in [3.63, 3.8) is 0 Å². The molecule has 1 aliphatic carbocycles. The van der Waals surface area contributed by atoms with Crippen LogP contribution in [0.25, 0.3) is 93.9 Å². The summed E-state index contributed by atoms with van der Waals surface area (Å²) in [6.07, 6.45) is 0. The van der Waals surface area contributed by atoms with Crippen LogP contribution in [0.5, 0.6) is 0 Å². The average molecular weight is 847 g/mol.